The smallest absolute Gasteiger partial charge is 0.410 e. The summed E-state index contributed by atoms with van der Waals surface area (Å²) >= 11 is 0. The molecule has 0 spiro atoms. The lowest BCUT2D eigenvalue weighted by Crippen LogP contribution is -2.58. The first-order valence-corrected chi connectivity index (χ1v) is 5.87. The fourth-order valence-electron chi connectivity index (χ4n) is 2.07. The standard InChI is InChI=1S/C11H19N3O3/c1-11(2,3)12-9(15)13-4-5-14-8(6-13)7-17-10(14)16/h8H,4-7H2,1-3H3,(H,12,15). The molecule has 17 heavy (non-hydrogen) atoms. The molecule has 6 heteroatoms. The number of carbonyl (C=O) groups is 2. The van der Waals surface area contributed by atoms with Gasteiger partial charge in [0.05, 0.1) is 6.04 Å². The monoisotopic (exact) mass is 241 g/mol. The van der Waals surface area contributed by atoms with Crippen molar-refractivity contribution in [2.45, 2.75) is 32.4 Å². The van der Waals surface area contributed by atoms with Crippen molar-refractivity contribution in [2.24, 2.45) is 0 Å². The Bertz CT molecular complexity index is 337. The summed E-state index contributed by atoms with van der Waals surface area (Å²) in [7, 11) is 0. The van der Waals surface area contributed by atoms with Crippen LogP contribution in [0.3, 0.4) is 0 Å². The second kappa shape index (κ2) is 4.09. The molecule has 2 rings (SSSR count). The molecule has 3 amide bonds. The van der Waals surface area contributed by atoms with Crippen molar-refractivity contribution < 1.29 is 14.3 Å². The van der Waals surface area contributed by atoms with Crippen LogP contribution in [0.15, 0.2) is 0 Å². The minimum atomic E-state index is -0.258. The fraction of sp³-hybridized carbons (Fsp3) is 0.818. The molecule has 1 N–H and O–H groups in total. The molecule has 6 nitrogen and oxygen atoms in total. The highest BCUT2D eigenvalue weighted by molar-refractivity contribution is 5.76. The van der Waals surface area contributed by atoms with E-state index in [1.807, 2.05) is 20.8 Å². The van der Waals surface area contributed by atoms with Crippen molar-refractivity contribution in [3.63, 3.8) is 0 Å². The van der Waals surface area contributed by atoms with Crippen LogP contribution in [-0.2, 0) is 4.74 Å². The van der Waals surface area contributed by atoms with Crippen LogP contribution in [0.1, 0.15) is 20.8 Å². The van der Waals surface area contributed by atoms with Gasteiger partial charge in [-0.05, 0) is 20.8 Å². The van der Waals surface area contributed by atoms with E-state index in [-0.39, 0.29) is 23.7 Å². The number of urea groups is 1. The summed E-state index contributed by atoms with van der Waals surface area (Å²) in [5.41, 5.74) is -0.240. The van der Waals surface area contributed by atoms with E-state index in [9.17, 15) is 9.59 Å². The third-order valence-electron chi connectivity index (χ3n) is 2.89. The first-order chi connectivity index (χ1) is 7.87. The predicted octanol–water partition coefficient (Wildman–Crippen LogP) is 0.631. The van der Waals surface area contributed by atoms with Gasteiger partial charge >= 0.3 is 12.1 Å². The number of hydrogen-bond acceptors (Lipinski definition) is 3. The van der Waals surface area contributed by atoms with Crippen LogP contribution < -0.4 is 5.32 Å². The number of fused-ring (bicyclic) bond motifs is 1. The van der Waals surface area contributed by atoms with Crippen LogP contribution >= 0.6 is 0 Å². The third kappa shape index (κ3) is 2.62. The summed E-state index contributed by atoms with van der Waals surface area (Å²) in [5.74, 6) is 0. The lowest BCUT2D eigenvalue weighted by atomic mass is 10.1. The molecular formula is C11H19N3O3. The maximum atomic E-state index is 12.0. The number of rotatable bonds is 0. The maximum Gasteiger partial charge on any atom is 0.410 e. The SMILES string of the molecule is CC(C)(C)NC(=O)N1CCN2C(=O)OCC2C1. The van der Waals surface area contributed by atoms with Gasteiger partial charge in [0.2, 0.25) is 0 Å². The highest BCUT2D eigenvalue weighted by Crippen LogP contribution is 2.18. The Morgan fingerprint density at radius 3 is 2.76 bits per heavy atom. The van der Waals surface area contributed by atoms with Crippen LogP contribution in [0, 0.1) is 0 Å². The van der Waals surface area contributed by atoms with Gasteiger partial charge in [-0.3, -0.25) is 4.90 Å². The van der Waals surface area contributed by atoms with Crippen LogP contribution in [0.2, 0.25) is 0 Å². The molecule has 0 aromatic rings. The number of cyclic esters (lactones) is 1. The summed E-state index contributed by atoms with van der Waals surface area (Å²) in [4.78, 5) is 26.7. The molecule has 0 aromatic heterocycles. The Morgan fingerprint density at radius 1 is 1.41 bits per heavy atom. The molecular weight excluding hydrogens is 222 g/mol. The van der Waals surface area contributed by atoms with Crippen molar-refractivity contribution in [2.75, 3.05) is 26.2 Å². The molecule has 0 radical (unpaired) electrons. The molecule has 2 aliphatic heterocycles. The Hall–Kier alpha value is -1.46. The molecule has 1 atom stereocenters. The Balaban J connectivity index is 1.93. The normalized spacial score (nSPS) is 24.4. The summed E-state index contributed by atoms with van der Waals surface area (Å²) in [6.45, 7) is 7.90. The van der Waals surface area contributed by atoms with E-state index in [0.717, 1.165) is 0 Å². The van der Waals surface area contributed by atoms with Crippen LogP contribution in [-0.4, -0.2) is 59.7 Å². The van der Waals surface area contributed by atoms with E-state index in [0.29, 0.717) is 26.2 Å². The molecule has 0 aromatic carbocycles. The van der Waals surface area contributed by atoms with Crippen molar-refractivity contribution in [1.82, 2.24) is 15.1 Å². The van der Waals surface area contributed by atoms with E-state index in [2.05, 4.69) is 5.32 Å². The maximum absolute atomic E-state index is 12.0. The number of piperazine rings is 1. The molecule has 0 aliphatic carbocycles. The van der Waals surface area contributed by atoms with E-state index in [4.69, 9.17) is 4.74 Å². The van der Waals surface area contributed by atoms with Crippen molar-refractivity contribution in [3.8, 4) is 0 Å². The molecule has 0 bridgehead atoms. The van der Waals surface area contributed by atoms with Crippen LogP contribution in [0.5, 0.6) is 0 Å². The van der Waals surface area contributed by atoms with E-state index in [1.165, 1.54) is 0 Å². The van der Waals surface area contributed by atoms with Gasteiger partial charge in [0, 0.05) is 25.2 Å². The number of hydrogen-bond donors (Lipinski definition) is 1. The third-order valence-corrected chi connectivity index (χ3v) is 2.89. The van der Waals surface area contributed by atoms with Crippen molar-refractivity contribution >= 4 is 12.1 Å². The molecule has 0 saturated carbocycles. The second-order valence-electron chi connectivity index (χ2n) is 5.55. The topological polar surface area (TPSA) is 61.9 Å². The molecule has 96 valence electrons. The van der Waals surface area contributed by atoms with Gasteiger partial charge in [-0.2, -0.15) is 0 Å². The zero-order valence-electron chi connectivity index (χ0n) is 10.5. The van der Waals surface area contributed by atoms with Crippen molar-refractivity contribution in [1.29, 1.82) is 0 Å². The number of amides is 3. The lowest BCUT2D eigenvalue weighted by molar-refractivity contribution is 0.124. The van der Waals surface area contributed by atoms with Crippen LogP contribution in [0.4, 0.5) is 9.59 Å². The van der Waals surface area contributed by atoms with Gasteiger partial charge in [-0.25, -0.2) is 9.59 Å². The average Bonchev–Trinajstić information content (AvgIpc) is 2.57. The summed E-state index contributed by atoms with van der Waals surface area (Å²) in [6.07, 6.45) is -0.258. The van der Waals surface area contributed by atoms with E-state index in [1.54, 1.807) is 9.80 Å². The Morgan fingerprint density at radius 2 is 2.12 bits per heavy atom. The number of ether oxygens (including phenoxy) is 1. The van der Waals surface area contributed by atoms with E-state index >= 15 is 0 Å². The predicted molar refractivity (Wildman–Crippen MR) is 61.7 cm³/mol. The molecule has 2 heterocycles. The first kappa shape index (κ1) is 12.0. The second-order valence-corrected chi connectivity index (χ2v) is 5.55. The quantitative estimate of drug-likeness (QED) is 0.676. The van der Waals surface area contributed by atoms with Gasteiger partial charge < -0.3 is 15.0 Å². The van der Waals surface area contributed by atoms with Gasteiger partial charge in [0.25, 0.3) is 0 Å². The Kier molecular flexibility index (Phi) is 2.89. The van der Waals surface area contributed by atoms with Crippen LogP contribution in [0.25, 0.3) is 0 Å². The van der Waals surface area contributed by atoms with Gasteiger partial charge in [-0.15, -0.1) is 0 Å². The molecule has 2 saturated heterocycles. The van der Waals surface area contributed by atoms with Gasteiger partial charge in [-0.1, -0.05) is 0 Å². The fourth-order valence-corrected chi connectivity index (χ4v) is 2.07. The largest absolute Gasteiger partial charge is 0.447 e. The molecule has 2 aliphatic rings. The zero-order chi connectivity index (χ0) is 12.6. The Labute approximate surface area is 101 Å². The lowest BCUT2D eigenvalue weighted by Gasteiger charge is -2.36. The molecule has 2 fully saturated rings. The zero-order valence-corrected chi connectivity index (χ0v) is 10.5. The highest BCUT2D eigenvalue weighted by Gasteiger charge is 2.39. The molecule has 1 unspecified atom stereocenters. The minimum Gasteiger partial charge on any atom is -0.447 e. The average molecular weight is 241 g/mol. The van der Waals surface area contributed by atoms with E-state index < -0.39 is 0 Å². The highest BCUT2D eigenvalue weighted by atomic mass is 16.6. The van der Waals surface area contributed by atoms with Gasteiger partial charge in [0.15, 0.2) is 0 Å². The summed E-state index contributed by atoms with van der Waals surface area (Å²) < 4.78 is 4.96. The number of nitrogens with one attached hydrogen (secondary N) is 1. The summed E-state index contributed by atoms with van der Waals surface area (Å²) in [5, 5.41) is 2.92. The number of carbonyl (C=O) groups excluding carboxylic acids is 2. The number of nitrogens with zero attached hydrogens (tertiary/aromatic N) is 2. The van der Waals surface area contributed by atoms with Gasteiger partial charge in [0.1, 0.15) is 6.61 Å². The minimum absolute atomic E-state index is 0.0157. The first-order valence-electron chi connectivity index (χ1n) is 5.87. The summed E-state index contributed by atoms with van der Waals surface area (Å²) in [6, 6.07) is -0.0570. The van der Waals surface area contributed by atoms with Crippen molar-refractivity contribution in [3.05, 3.63) is 0 Å².